The fraction of sp³-hybridized carbons (Fsp3) is 0.206. The van der Waals surface area contributed by atoms with Gasteiger partial charge in [-0.15, -0.1) is 0 Å². The number of aliphatic imine (C=N–C) groups is 1. The van der Waals surface area contributed by atoms with Crippen LogP contribution in [0.15, 0.2) is 108 Å². The maximum atomic E-state index is 13.3. The molecule has 0 aromatic heterocycles. The number of fused-ring (bicyclic) bond motifs is 1. The quantitative estimate of drug-likeness (QED) is 0.210. The molecule has 0 radical (unpaired) electrons. The summed E-state index contributed by atoms with van der Waals surface area (Å²) in [6.45, 7) is 0.537. The Balaban J connectivity index is 1.26. The summed E-state index contributed by atoms with van der Waals surface area (Å²) in [5.74, 6) is -0.204. The van der Waals surface area contributed by atoms with Gasteiger partial charge in [-0.3, -0.25) is 14.6 Å². The fourth-order valence-electron chi connectivity index (χ4n) is 4.98. The van der Waals surface area contributed by atoms with Crippen LogP contribution < -0.4 is 5.32 Å². The predicted octanol–water partition coefficient (Wildman–Crippen LogP) is 7.01. The Morgan fingerprint density at radius 2 is 1.54 bits per heavy atom. The van der Waals surface area contributed by atoms with Crippen molar-refractivity contribution in [2.45, 2.75) is 44.7 Å². The molecule has 1 aliphatic heterocycles. The van der Waals surface area contributed by atoms with Gasteiger partial charge < -0.3 is 5.32 Å². The van der Waals surface area contributed by atoms with E-state index in [0.717, 1.165) is 47.2 Å². The van der Waals surface area contributed by atoms with E-state index >= 15 is 0 Å². The first kappa shape index (κ1) is 26.6. The third-order valence-corrected chi connectivity index (χ3v) is 7.36. The Kier molecular flexibility index (Phi) is 8.65. The van der Waals surface area contributed by atoms with Crippen molar-refractivity contribution in [2.24, 2.45) is 4.99 Å². The first-order valence-electron chi connectivity index (χ1n) is 13.4. The second kappa shape index (κ2) is 12.7. The molecule has 1 atom stereocenters. The smallest absolute Gasteiger partial charge is 0.251 e. The van der Waals surface area contributed by atoms with Crippen LogP contribution in [0.1, 0.15) is 57.4 Å². The minimum atomic E-state index is -0.611. The predicted molar refractivity (Wildman–Crippen MR) is 158 cm³/mol. The van der Waals surface area contributed by atoms with Crippen LogP contribution in [0, 0.1) is 0 Å². The number of hydrogen-bond donors (Lipinski definition) is 1. The summed E-state index contributed by atoms with van der Waals surface area (Å²) in [6.07, 6.45) is 3.48. The molecule has 5 heteroatoms. The number of nitrogens with zero attached hydrogens (tertiary/aromatic N) is 1. The Morgan fingerprint density at radius 3 is 2.28 bits per heavy atom. The Hall–Kier alpha value is -4.02. The van der Waals surface area contributed by atoms with Crippen molar-refractivity contribution in [2.75, 3.05) is 0 Å². The number of nitrogens with one attached hydrogen (secondary N) is 1. The van der Waals surface area contributed by atoms with Crippen LogP contribution in [-0.2, 0) is 24.2 Å². The van der Waals surface area contributed by atoms with Crippen molar-refractivity contribution >= 4 is 29.0 Å². The van der Waals surface area contributed by atoms with Crippen molar-refractivity contribution in [1.82, 2.24) is 5.32 Å². The molecule has 4 nitrogen and oxygen atoms in total. The molecule has 4 aromatic carbocycles. The third kappa shape index (κ3) is 6.90. The first-order valence-corrected chi connectivity index (χ1v) is 13.8. The van der Waals surface area contributed by atoms with Gasteiger partial charge in [-0.2, -0.15) is 0 Å². The zero-order chi connectivity index (χ0) is 27.0. The second-order valence-electron chi connectivity index (χ2n) is 9.92. The largest absolute Gasteiger partial charge is 0.342 e. The highest BCUT2D eigenvalue weighted by molar-refractivity contribution is 6.30. The SMILES string of the molecule is O=C(N[C@@H](Cc1ccc(Cl)cc1)C(=O)CCCCc1ccccc1)c1ccc2c(c1)CN=C2c1ccccc1. The van der Waals surface area contributed by atoms with E-state index in [9.17, 15) is 9.59 Å². The molecule has 0 fully saturated rings. The average Bonchev–Trinajstić information content (AvgIpc) is 3.40. The number of amides is 1. The molecule has 39 heavy (non-hydrogen) atoms. The van der Waals surface area contributed by atoms with Crippen LogP contribution in [0.5, 0.6) is 0 Å². The molecular weight excluding hydrogens is 504 g/mol. The molecule has 0 unspecified atom stereocenters. The van der Waals surface area contributed by atoms with E-state index < -0.39 is 6.04 Å². The summed E-state index contributed by atoms with van der Waals surface area (Å²) >= 11 is 6.06. The number of halogens is 1. The number of benzene rings is 4. The summed E-state index contributed by atoms with van der Waals surface area (Å²) in [4.78, 5) is 31.4. The van der Waals surface area contributed by atoms with E-state index in [0.29, 0.717) is 30.0 Å². The number of Topliss-reactive ketones (excluding diaryl/α,β-unsaturated/α-hetero) is 1. The molecular formula is C34H31ClN2O2. The van der Waals surface area contributed by atoms with Crippen LogP contribution in [0.3, 0.4) is 0 Å². The number of carbonyl (C=O) groups is 2. The van der Waals surface area contributed by atoms with Gasteiger partial charge in [-0.1, -0.05) is 90.5 Å². The van der Waals surface area contributed by atoms with Crippen molar-refractivity contribution < 1.29 is 9.59 Å². The molecule has 0 bridgehead atoms. The van der Waals surface area contributed by atoms with Gasteiger partial charge in [-0.25, -0.2) is 0 Å². The summed E-state index contributed by atoms with van der Waals surface area (Å²) in [6, 6.07) is 32.9. The minimum Gasteiger partial charge on any atom is -0.342 e. The molecule has 196 valence electrons. The normalized spacial score (nSPS) is 12.9. The lowest BCUT2D eigenvalue weighted by molar-refractivity contribution is -0.121. The van der Waals surface area contributed by atoms with Gasteiger partial charge in [0.25, 0.3) is 5.91 Å². The lowest BCUT2D eigenvalue weighted by Crippen LogP contribution is -2.42. The van der Waals surface area contributed by atoms with E-state index in [4.69, 9.17) is 16.6 Å². The second-order valence-corrected chi connectivity index (χ2v) is 10.4. The molecule has 0 saturated carbocycles. The average molecular weight is 535 g/mol. The van der Waals surface area contributed by atoms with E-state index in [1.54, 1.807) is 0 Å². The molecule has 1 amide bonds. The third-order valence-electron chi connectivity index (χ3n) is 7.11. The number of hydrogen-bond acceptors (Lipinski definition) is 3. The number of rotatable bonds is 11. The number of ketones is 1. The van der Waals surface area contributed by atoms with Gasteiger partial charge in [0.05, 0.1) is 18.3 Å². The topological polar surface area (TPSA) is 58.5 Å². The Labute approximate surface area is 234 Å². The van der Waals surface area contributed by atoms with Crippen molar-refractivity contribution in [1.29, 1.82) is 0 Å². The van der Waals surface area contributed by atoms with Gasteiger partial charge in [0.15, 0.2) is 5.78 Å². The van der Waals surface area contributed by atoms with Crippen LogP contribution in [0.4, 0.5) is 0 Å². The zero-order valence-corrected chi connectivity index (χ0v) is 22.5. The lowest BCUT2D eigenvalue weighted by Gasteiger charge is -2.19. The first-order chi connectivity index (χ1) is 19.1. The van der Waals surface area contributed by atoms with Gasteiger partial charge in [0, 0.05) is 28.1 Å². The van der Waals surface area contributed by atoms with E-state index in [1.165, 1.54) is 5.56 Å². The van der Waals surface area contributed by atoms with Crippen LogP contribution in [0.25, 0.3) is 0 Å². The summed E-state index contributed by atoms with van der Waals surface area (Å²) in [5, 5.41) is 3.67. The van der Waals surface area contributed by atoms with Crippen molar-refractivity contribution in [3.05, 3.63) is 142 Å². The van der Waals surface area contributed by atoms with Crippen LogP contribution >= 0.6 is 11.6 Å². The van der Waals surface area contributed by atoms with Gasteiger partial charge in [-0.05, 0) is 66.6 Å². The maximum Gasteiger partial charge on any atom is 0.251 e. The van der Waals surface area contributed by atoms with E-state index in [-0.39, 0.29) is 11.7 Å². The highest BCUT2D eigenvalue weighted by Crippen LogP contribution is 2.24. The molecule has 0 saturated heterocycles. The summed E-state index contributed by atoms with van der Waals surface area (Å²) < 4.78 is 0. The highest BCUT2D eigenvalue weighted by atomic mass is 35.5. The zero-order valence-electron chi connectivity index (χ0n) is 21.8. The van der Waals surface area contributed by atoms with Gasteiger partial charge in [0.1, 0.15) is 0 Å². The molecule has 1 heterocycles. The Morgan fingerprint density at radius 1 is 0.821 bits per heavy atom. The molecule has 1 N–H and O–H groups in total. The van der Waals surface area contributed by atoms with Crippen molar-refractivity contribution in [3.63, 3.8) is 0 Å². The Bertz CT molecular complexity index is 1460. The van der Waals surface area contributed by atoms with E-state index in [1.807, 2.05) is 91.0 Å². The molecule has 1 aliphatic rings. The molecule has 0 spiro atoms. The van der Waals surface area contributed by atoms with E-state index in [2.05, 4.69) is 17.4 Å². The van der Waals surface area contributed by atoms with Crippen molar-refractivity contribution in [3.8, 4) is 0 Å². The molecule has 4 aromatic rings. The fourth-order valence-corrected chi connectivity index (χ4v) is 5.11. The monoisotopic (exact) mass is 534 g/mol. The van der Waals surface area contributed by atoms with Gasteiger partial charge in [0.2, 0.25) is 0 Å². The molecule has 5 rings (SSSR count). The highest BCUT2D eigenvalue weighted by Gasteiger charge is 2.24. The van der Waals surface area contributed by atoms with Crippen LogP contribution in [-0.4, -0.2) is 23.4 Å². The number of unbranched alkanes of at least 4 members (excludes halogenated alkanes) is 1. The minimum absolute atomic E-state index is 0.0437. The summed E-state index contributed by atoms with van der Waals surface area (Å²) in [7, 11) is 0. The maximum absolute atomic E-state index is 13.3. The summed E-state index contributed by atoms with van der Waals surface area (Å²) in [5.41, 5.74) is 6.84. The van der Waals surface area contributed by atoms with Crippen LogP contribution in [0.2, 0.25) is 5.02 Å². The number of carbonyl (C=O) groups excluding carboxylic acids is 2. The number of aryl methyl sites for hydroxylation is 1. The lowest BCUT2D eigenvalue weighted by atomic mass is 9.96. The van der Waals surface area contributed by atoms with Gasteiger partial charge >= 0.3 is 0 Å². The molecule has 0 aliphatic carbocycles. The standard InChI is InChI=1S/C34H31ClN2O2/c35-29-18-15-25(16-19-29)21-31(32(38)14-8-7-11-24-9-3-1-4-10-24)37-34(39)27-17-20-30-28(22-27)23-36-33(30)26-12-5-2-6-13-26/h1-6,9-10,12-13,15-20,22,31H,7-8,11,14,21,23H2,(H,37,39)/t31-/m0/s1.